The second kappa shape index (κ2) is 12.6. The summed E-state index contributed by atoms with van der Waals surface area (Å²) in [6.45, 7) is 5.47. The number of aromatic nitrogens is 3. The van der Waals surface area contributed by atoms with Gasteiger partial charge in [0.25, 0.3) is 5.91 Å². The fraction of sp³-hybridized carbons (Fsp3) is 0.421. The summed E-state index contributed by atoms with van der Waals surface area (Å²) in [4.78, 5) is 31.4. The minimum Gasteiger partial charge on any atom is -0.486 e. The molecule has 1 saturated heterocycles. The molecule has 47 heavy (non-hydrogen) atoms. The first-order valence-corrected chi connectivity index (χ1v) is 17.0. The number of aromatic carboxylic acids is 1. The summed E-state index contributed by atoms with van der Waals surface area (Å²) in [6.07, 6.45) is 8.36. The molecule has 1 amide bonds. The maximum absolute atomic E-state index is 12.8. The van der Waals surface area contributed by atoms with Crippen molar-refractivity contribution in [1.29, 1.82) is 0 Å². The highest BCUT2D eigenvalue weighted by Gasteiger charge is 2.45. The van der Waals surface area contributed by atoms with Gasteiger partial charge in [0.2, 0.25) is 0 Å². The van der Waals surface area contributed by atoms with E-state index in [-0.39, 0.29) is 17.6 Å². The van der Waals surface area contributed by atoms with Gasteiger partial charge in [-0.1, -0.05) is 44.2 Å². The average molecular weight is 635 g/mol. The molecule has 2 fully saturated rings. The number of likely N-dealkylation sites (tertiary alicyclic amines) is 1. The van der Waals surface area contributed by atoms with Crippen LogP contribution in [-0.2, 0) is 24.1 Å². The lowest BCUT2D eigenvalue weighted by atomic mass is 9.78. The maximum Gasteiger partial charge on any atom is 0.339 e. The molecule has 9 nitrogen and oxygen atoms in total. The van der Waals surface area contributed by atoms with Gasteiger partial charge in [-0.15, -0.1) is 0 Å². The predicted octanol–water partition coefficient (Wildman–Crippen LogP) is 6.44. The molecule has 2 N–H and O–H groups in total. The van der Waals surface area contributed by atoms with Gasteiger partial charge in [-0.3, -0.25) is 4.79 Å². The Kier molecular flexibility index (Phi) is 8.34. The fourth-order valence-corrected chi connectivity index (χ4v) is 7.70. The molecule has 1 atom stereocenters. The summed E-state index contributed by atoms with van der Waals surface area (Å²) in [5, 5.41) is 24.5. The zero-order chi connectivity index (χ0) is 32.7. The molecule has 0 unspecified atom stereocenters. The number of carbonyl (C=O) groups is 2. The molecule has 0 spiro atoms. The molecule has 2 aromatic heterocycles. The molecule has 9 heteroatoms. The van der Waals surface area contributed by atoms with Gasteiger partial charge in [-0.2, -0.15) is 5.10 Å². The van der Waals surface area contributed by atoms with E-state index in [1.54, 1.807) is 4.68 Å². The largest absolute Gasteiger partial charge is 0.486 e. The van der Waals surface area contributed by atoms with Crippen LogP contribution in [0.25, 0.3) is 17.1 Å². The number of ether oxygens (including phenoxy) is 1. The first-order chi connectivity index (χ1) is 22.8. The lowest BCUT2D eigenvalue weighted by Crippen LogP contribution is -2.54. The summed E-state index contributed by atoms with van der Waals surface area (Å²) in [5.41, 5.74) is 6.49. The number of carboxylic acid groups (broad SMARTS) is 1. The number of amides is 1. The van der Waals surface area contributed by atoms with Gasteiger partial charge in [0, 0.05) is 24.2 Å². The van der Waals surface area contributed by atoms with Crippen molar-refractivity contribution in [2.24, 2.45) is 0 Å². The van der Waals surface area contributed by atoms with E-state index in [1.807, 2.05) is 30.0 Å². The number of piperidine rings is 1. The summed E-state index contributed by atoms with van der Waals surface area (Å²) >= 11 is 0. The third kappa shape index (κ3) is 5.71. The second-order valence-corrected chi connectivity index (χ2v) is 13.1. The van der Waals surface area contributed by atoms with Crippen molar-refractivity contribution in [1.82, 2.24) is 19.7 Å². The van der Waals surface area contributed by atoms with Crippen LogP contribution in [0.3, 0.4) is 0 Å². The van der Waals surface area contributed by atoms with Crippen molar-refractivity contribution in [3.8, 4) is 22.8 Å². The molecule has 1 aliphatic heterocycles. The fourth-order valence-electron chi connectivity index (χ4n) is 7.70. The van der Waals surface area contributed by atoms with E-state index in [0.29, 0.717) is 49.8 Å². The molecule has 2 aromatic carbocycles. The number of rotatable bonds is 9. The van der Waals surface area contributed by atoms with Crippen LogP contribution in [0.4, 0.5) is 0 Å². The van der Waals surface area contributed by atoms with Gasteiger partial charge >= 0.3 is 5.97 Å². The lowest BCUT2D eigenvalue weighted by Gasteiger charge is -2.42. The Bertz CT molecular complexity index is 1820. The van der Waals surface area contributed by atoms with E-state index in [1.165, 1.54) is 22.9 Å². The van der Waals surface area contributed by atoms with Crippen LogP contribution in [0, 0.1) is 0 Å². The van der Waals surface area contributed by atoms with Crippen LogP contribution >= 0.6 is 0 Å². The minimum atomic E-state index is -1.12. The van der Waals surface area contributed by atoms with Gasteiger partial charge in [-0.05, 0) is 105 Å². The normalized spacial score (nSPS) is 18.9. The second-order valence-electron chi connectivity index (χ2n) is 13.1. The number of pyridine rings is 1. The standard InChI is InChI=1S/C38H42N4O5/c1-3-24-22-27(13-14-28(24)25-16-20-41(21-17-25)37(45)38(46)18-7-19-38)47-33-15-12-26-8-5-9-29(35(26)33)31-10-6-11-34(40-31)42-32(4-2)30(23-39-42)36(43)44/h5-6,8-11,13-14,22-23,25,33,46H,3-4,7,12,15-21H2,1-2H3,(H,43,44)/t33-/m0/s1. The van der Waals surface area contributed by atoms with Crippen molar-refractivity contribution < 1.29 is 24.5 Å². The average Bonchev–Trinajstić information content (AvgIpc) is 3.71. The monoisotopic (exact) mass is 634 g/mol. The Morgan fingerprint density at radius 2 is 1.79 bits per heavy atom. The van der Waals surface area contributed by atoms with Crippen molar-refractivity contribution in [3.63, 3.8) is 0 Å². The van der Waals surface area contributed by atoms with Crippen LogP contribution in [0.15, 0.2) is 60.8 Å². The van der Waals surface area contributed by atoms with Crippen LogP contribution in [0.1, 0.15) is 103 Å². The molecule has 2 aliphatic carbocycles. The lowest BCUT2D eigenvalue weighted by molar-refractivity contribution is -0.161. The van der Waals surface area contributed by atoms with E-state index >= 15 is 0 Å². The van der Waals surface area contributed by atoms with E-state index in [0.717, 1.165) is 61.1 Å². The van der Waals surface area contributed by atoms with Crippen LogP contribution in [-0.4, -0.2) is 60.4 Å². The number of carbonyl (C=O) groups excluding carboxylic acids is 1. The third-order valence-electron chi connectivity index (χ3n) is 10.4. The summed E-state index contributed by atoms with van der Waals surface area (Å²) in [5.74, 6) is 0.735. The van der Waals surface area contributed by atoms with Gasteiger partial charge in [0.1, 0.15) is 23.0 Å². The van der Waals surface area contributed by atoms with Crippen LogP contribution < -0.4 is 4.74 Å². The van der Waals surface area contributed by atoms with Gasteiger partial charge in [-0.25, -0.2) is 14.5 Å². The number of nitrogens with zero attached hydrogens (tertiary/aromatic N) is 4. The number of aliphatic hydroxyl groups is 1. The number of carboxylic acids is 1. The summed E-state index contributed by atoms with van der Waals surface area (Å²) in [6, 6.07) is 18.6. The maximum atomic E-state index is 12.8. The SMILES string of the molecule is CCc1cc(O[C@H]2CCc3cccc(-c4cccc(-n5ncc(C(=O)O)c5CC)n4)c32)ccc1C1CCN(C(=O)C2(O)CCC2)CC1. The van der Waals surface area contributed by atoms with Gasteiger partial charge in [0.15, 0.2) is 5.82 Å². The molecule has 3 aliphatic rings. The highest BCUT2D eigenvalue weighted by atomic mass is 16.5. The number of aryl methyl sites for hydroxylation is 2. The van der Waals surface area contributed by atoms with Crippen molar-refractivity contribution in [3.05, 3.63) is 94.3 Å². The van der Waals surface area contributed by atoms with E-state index in [4.69, 9.17) is 9.72 Å². The Hall–Kier alpha value is -4.50. The molecule has 4 aromatic rings. The molecular weight excluding hydrogens is 592 g/mol. The van der Waals surface area contributed by atoms with Crippen molar-refractivity contribution in [2.45, 2.75) is 89.3 Å². The molecular formula is C38H42N4O5. The highest BCUT2D eigenvalue weighted by Crippen LogP contribution is 2.42. The zero-order valence-electron chi connectivity index (χ0n) is 27.1. The third-order valence-corrected chi connectivity index (χ3v) is 10.4. The van der Waals surface area contributed by atoms with Gasteiger partial charge in [0.05, 0.1) is 17.6 Å². The minimum absolute atomic E-state index is 0.0841. The molecule has 0 radical (unpaired) electrons. The smallest absolute Gasteiger partial charge is 0.339 e. The first kappa shape index (κ1) is 31.1. The quantitative estimate of drug-likeness (QED) is 0.217. The Morgan fingerprint density at radius 3 is 2.49 bits per heavy atom. The zero-order valence-corrected chi connectivity index (χ0v) is 27.1. The molecule has 7 rings (SSSR count). The van der Waals surface area contributed by atoms with Crippen molar-refractivity contribution in [2.75, 3.05) is 13.1 Å². The number of hydrogen-bond acceptors (Lipinski definition) is 6. The van der Waals surface area contributed by atoms with Crippen molar-refractivity contribution >= 4 is 11.9 Å². The number of hydrogen-bond donors (Lipinski definition) is 2. The number of benzene rings is 2. The van der Waals surface area contributed by atoms with E-state index < -0.39 is 11.6 Å². The Labute approximate surface area is 275 Å². The Balaban J connectivity index is 1.10. The molecule has 3 heterocycles. The molecule has 244 valence electrons. The molecule has 0 bridgehead atoms. The van der Waals surface area contributed by atoms with Crippen LogP contribution in [0.2, 0.25) is 0 Å². The first-order valence-electron chi connectivity index (χ1n) is 17.0. The summed E-state index contributed by atoms with van der Waals surface area (Å²) < 4.78 is 8.37. The highest BCUT2D eigenvalue weighted by molar-refractivity contribution is 5.89. The van der Waals surface area contributed by atoms with E-state index in [9.17, 15) is 19.8 Å². The van der Waals surface area contributed by atoms with E-state index in [2.05, 4.69) is 48.4 Å². The summed E-state index contributed by atoms with van der Waals surface area (Å²) in [7, 11) is 0. The predicted molar refractivity (Wildman–Crippen MR) is 178 cm³/mol. The topological polar surface area (TPSA) is 118 Å². The van der Waals surface area contributed by atoms with Gasteiger partial charge < -0.3 is 19.8 Å². The molecule has 1 saturated carbocycles. The number of fused-ring (bicyclic) bond motifs is 1. The van der Waals surface area contributed by atoms with Crippen LogP contribution in [0.5, 0.6) is 5.75 Å². The Morgan fingerprint density at radius 1 is 1.00 bits per heavy atom.